The highest BCUT2D eigenvalue weighted by Crippen LogP contribution is 2.26. The van der Waals surface area contributed by atoms with Crippen molar-refractivity contribution in [1.82, 2.24) is 14.7 Å². The number of benzene rings is 1. The number of aromatic nitrogens is 2. The molecule has 0 unspecified atom stereocenters. The Morgan fingerprint density at radius 1 is 1.12 bits per heavy atom. The first kappa shape index (κ1) is 16.7. The van der Waals surface area contributed by atoms with Crippen LogP contribution in [0.5, 0.6) is 0 Å². The average molecular weight is 361 g/mol. The van der Waals surface area contributed by atoms with Gasteiger partial charge in [0.2, 0.25) is 0 Å². The molecule has 4 rings (SSSR count). The number of pyridine rings is 1. The van der Waals surface area contributed by atoms with Crippen LogP contribution in [0.2, 0.25) is 0 Å². The predicted molar refractivity (Wildman–Crippen MR) is 106 cm³/mol. The Kier molecular flexibility index (Phi) is 4.65. The fraction of sp³-hybridized carbons (Fsp3) is 0.143. The zero-order chi connectivity index (χ0) is 17.9. The van der Waals surface area contributed by atoms with Gasteiger partial charge >= 0.3 is 0 Å². The van der Waals surface area contributed by atoms with Crippen molar-refractivity contribution in [3.8, 4) is 0 Å². The second-order valence-electron chi connectivity index (χ2n) is 6.21. The van der Waals surface area contributed by atoms with Gasteiger partial charge in [-0.2, -0.15) is 0 Å². The second kappa shape index (κ2) is 7.23. The van der Waals surface area contributed by atoms with E-state index in [2.05, 4.69) is 39.9 Å². The molecule has 3 heterocycles. The molecule has 1 N–H and O–H groups in total. The monoisotopic (exact) mass is 361 g/mol. The molecule has 0 radical (unpaired) electrons. The van der Waals surface area contributed by atoms with Gasteiger partial charge in [0.15, 0.2) is 0 Å². The summed E-state index contributed by atoms with van der Waals surface area (Å²) >= 11 is 1.72. The summed E-state index contributed by atoms with van der Waals surface area (Å²) in [6.45, 7) is 2.49. The number of fused-ring (bicyclic) bond motifs is 1. The Balaban J connectivity index is 1.65. The third-order valence-corrected chi connectivity index (χ3v) is 5.32. The fourth-order valence-electron chi connectivity index (χ4n) is 3.09. The highest BCUT2D eigenvalue weighted by Gasteiger charge is 2.15. The minimum atomic E-state index is -0.0529. The molecule has 0 aliphatic heterocycles. The molecule has 5 heteroatoms. The molecule has 0 saturated carbocycles. The van der Waals surface area contributed by atoms with E-state index in [9.17, 15) is 4.79 Å². The van der Waals surface area contributed by atoms with E-state index in [1.54, 1.807) is 28.0 Å². The van der Waals surface area contributed by atoms with Crippen molar-refractivity contribution in [2.75, 3.05) is 0 Å². The maximum atomic E-state index is 12.4. The molecule has 1 atom stereocenters. The zero-order valence-corrected chi connectivity index (χ0v) is 15.2. The summed E-state index contributed by atoms with van der Waals surface area (Å²) in [6.07, 6.45) is 1.76. The molecule has 0 bridgehead atoms. The van der Waals surface area contributed by atoms with Crippen molar-refractivity contribution in [2.45, 2.75) is 19.5 Å². The van der Waals surface area contributed by atoms with E-state index < -0.39 is 0 Å². The summed E-state index contributed by atoms with van der Waals surface area (Å²) in [7, 11) is 0. The van der Waals surface area contributed by atoms with Crippen molar-refractivity contribution in [3.05, 3.63) is 104 Å². The van der Waals surface area contributed by atoms with Crippen molar-refractivity contribution < 1.29 is 0 Å². The van der Waals surface area contributed by atoms with Gasteiger partial charge in [-0.25, -0.2) is 4.98 Å². The molecule has 3 aromatic heterocycles. The van der Waals surface area contributed by atoms with Crippen LogP contribution in [0.1, 0.15) is 27.7 Å². The number of aryl methyl sites for hydroxylation is 1. The van der Waals surface area contributed by atoms with Crippen molar-refractivity contribution in [2.24, 2.45) is 0 Å². The number of rotatable bonds is 5. The summed E-state index contributed by atoms with van der Waals surface area (Å²) in [4.78, 5) is 18.3. The Labute approximate surface area is 155 Å². The summed E-state index contributed by atoms with van der Waals surface area (Å²) in [5.41, 5.74) is 3.60. The van der Waals surface area contributed by atoms with Gasteiger partial charge in [0.1, 0.15) is 5.65 Å². The second-order valence-corrected chi connectivity index (χ2v) is 7.19. The van der Waals surface area contributed by atoms with E-state index in [1.165, 1.54) is 10.4 Å². The van der Waals surface area contributed by atoms with Crippen LogP contribution < -0.4 is 10.9 Å². The van der Waals surface area contributed by atoms with Gasteiger partial charge in [-0.1, -0.05) is 42.5 Å². The lowest BCUT2D eigenvalue weighted by atomic mass is 10.1. The Morgan fingerprint density at radius 3 is 2.73 bits per heavy atom. The molecule has 26 heavy (non-hydrogen) atoms. The summed E-state index contributed by atoms with van der Waals surface area (Å²) < 4.78 is 1.59. The smallest absolute Gasteiger partial charge is 0.258 e. The minimum absolute atomic E-state index is 0.0529. The quantitative estimate of drug-likeness (QED) is 0.586. The van der Waals surface area contributed by atoms with Crippen LogP contribution in [-0.4, -0.2) is 9.38 Å². The van der Waals surface area contributed by atoms with Crippen LogP contribution in [0.15, 0.2) is 77.0 Å². The maximum Gasteiger partial charge on any atom is 0.258 e. The van der Waals surface area contributed by atoms with Gasteiger partial charge in [-0.15, -0.1) is 11.3 Å². The van der Waals surface area contributed by atoms with Crippen LogP contribution in [0, 0.1) is 6.92 Å². The molecule has 0 aliphatic rings. The Bertz CT molecular complexity index is 1070. The van der Waals surface area contributed by atoms with E-state index in [0.717, 1.165) is 11.3 Å². The van der Waals surface area contributed by atoms with Gasteiger partial charge in [-0.3, -0.25) is 14.5 Å². The Hall–Kier alpha value is -2.76. The first-order valence-corrected chi connectivity index (χ1v) is 9.40. The molecule has 1 aromatic carbocycles. The highest BCUT2D eigenvalue weighted by atomic mass is 32.1. The molecular weight excluding hydrogens is 342 g/mol. The topological polar surface area (TPSA) is 46.4 Å². The lowest BCUT2D eigenvalue weighted by Gasteiger charge is -2.18. The zero-order valence-electron chi connectivity index (χ0n) is 14.4. The van der Waals surface area contributed by atoms with Crippen LogP contribution in [-0.2, 0) is 6.54 Å². The third kappa shape index (κ3) is 3.31. The van der Waals surface area contributed by atoms with Gasteiger partial charge in [-0.05, 0) is 35.6 Å². The van der Waals surface area contributed by atoms with E-state index in [4.69, 9.17) is 0 Å². The van der Waals surface area contributed by atoms with E-state index in [1.807, 2.05) is 37.3 Å². The van der Waals surface area contributed by atoms with Crippen molar-refractivity contribution in [3.63, 3.8) is 0 Å². The van der Waals surface area contributed by atoms with Crippen LogP contribution in [0.4, 0.5) is 0 Å². The fourth-order valence-corrected chi connectivity index (χ4v) is 3.92. The summed E-state index contributed by atoms with van der Waals surface area (Å²) in [5.74, 6) is 0. The largest absolute Gasteiger partial charge is 0.300 e. The van der Waals surface area contributed by atoms with Crippen LogP contribution in [0.25, 0.3) is 5.65 Å². The van der Waals surface area contributed by atoms with E-state index in [0.29, 0.717) is 12.2 Å². The SMILES string of the molecule is Cc1cccn2c(=O)cc(CN[C@H](c3ccccc3)c3cccs3)nc12. The Morgan fingerprint density at radius 2 is 1.96 bits per heavy atom. The normalized spacial score (nSPS) is 12.3. The number of nitrogens with one attached hydrogen (secondary N) is 1. The lowest BCUT2D eigenvalue weighted by molar-refractivity contribution is 0.604. The van der Waals surface area contributed by atoms with Crippen LogP contribution in [0.3, 0.4) is 0 Å². The molecule has 130 valence electrons. The van der Waals surface area contributed by atoms with Crippen molar-refractivity contribution >= 4 is 17.0 Å². The number of thiophene rings is 1. The highest BCUT2D eigenvalue weighted by molar-refractivity contribution is 7.10. The van der Waals surface area contributed by atoms with Gasteiger partial charge < -0.3 is 0 Å². The molecule has 4 nitrogen and oxygen atoms in total. The van der Waals surface area contributed by atoms with Gasteiger partial charge in [0.25, 0.3) is 5.56 Å². The number of nitrogens with zero attached hydrogens (tertiary/aromatic N) is 2. The summed E-state index contributed by atoms with van der Waals surface area (Å²) in [5, 5.41) is 5.65. The summed E-state index contributed by atoms with van der Waals surface area (Å²) in [6, 6.07) is 20.0. The molecular formula is C21H19N3OS. The standard InChI is InChI=1S/C21H19N3OS/c1-15-7-5-11-24-19(25)13-17(23-21(15)24)14-22-20(18-10-6-12-26-18)16-8-3-2-4-9-16/h2-13,20,22H,14H2,1H3/t20-/m1/s1. The number of hydrogen-bond acceptors (Lipinski definition) is 4. The molecule has 4 aromatic rings. The maximum absolute atomic E-state index is 12.4. The molecule has 0 aliphatic carbocycles. The third-order valence-electron chi connectivity index (χ3n) is 4.39. The minimum Gasteiger partial charge on any atom is -0.300 e. The molecule has 0 fully saturated rings. The molecule has 0 amide bonds. The van der Waals surface area contributed by atoms with E-state index >= 15 is 0 Å². The molecule has 0 saturated heterocycles. The first-order valence-electron chi connectivity index (χ1n) is 8.52. The number of hydrogen-bond donors (Lipinski definition) is 1. The van der Waals surface area contributed by atoms with Crippen molar-refractivity contribution in [1.29, 1.82) is 0 Å². The molecule has 0 spiro atoms. The first-order chi connectivity index (χ1) is 12.7. The lowest BCUT2D eigenvalue weighted by Crippen LogP contribution is -2.24. The van der Waals surface area contributed by atoms with E-state index in [-0.39, 0.29) is 11.6 Å². The van der Waals surface area contributed by atoms with Crippen LogP contribution >= 0.6 is 11.3 Å². The van der Waals surface area contributed by atoms with Gasteiger partial charge in [0.05, 0.1) is 11.7 Å². The average Bonchev–Trinajstić information content (AvgIpc) is 3.18. The van der Waals surface area contributed by atoms with Gasteiger partial charge in [0, 0.05) is 23.7 Å². The predicted octanol–water partition coefficient (Wildman–Crippen LogP) is 3.94.